The number of amides is 1. The summed E-state index contributed by atoms with van der Waals surface area (Å²) >= 11 is 1.02. The number of hydrogen-bond donors (Lipinski definition) is 1. The number of thioether (sulfide) groups is 1. The number of hydrogen-bond acceptors (Lipinski definition) is 5. The summed E-state index contributed by atoms with van der Waals surface area (Å²) in [7, 11) is -2.98. The Balaban J connectivity index is 1.57. The average molecular weight is 445 g/mol. The van der Waals surface area contributed by atoms with Crippen molar-refractivity contribution in [2.24, 2.45) is 0 Å². The van der Waals surface area contributed by atoms with Crippen LogP contribution in [0, 0.1) is 0 Å². The lowest BCUT2D eigenvalue weighted by atomic mass is 10.2. The summed E-state index contributed by atoms with van der Waals surface area (Å²) in [5.74, 6) is -0.187. The minimum atomic E-state index is -4.42. The first-order chi connectivity index (χ1) is 13.6. The van der Waals surface area contributed by atoms with Gasteiger partial charge < -0.3 is 10.2 Å². The van der Waals surface area contributed by atoms with Gasteiger partial charge in [-0.15, -0.1) is 11.8 Å². The minimum absolute atomic E-state index is 0.0342. The third-order valence-electron chi connectivity index (χ3n) is 4.37. The van der Waals surface area contributed by atoms with E-state index in [1.165, 1.54) is 12.1 Å². The van der Waals surface area contributed by atoms with E-state index in [-0.39, 0.29) is 23.2 Å². The fourth-order valence-electron chi connectivity index (χ4n) is 2.86. The standard InChI is InChI=1S/C19H19F3N2O3S2/c20-19(21,22)14-3-1-6-17(11-14)28-13-18(25)23-15-4-2-5-16(12-15)24-7-9-29(26,27)10-8-24/h1-6,11-12H,7-10,13H2,(H,23,25). The van der Waals surface area contributed by atoms with E-state index in [1.54, 1.807) is 18.2 Å². The fourth-order valence-corrected chi connectivity index (χ4v) is 4.82. The summed E-state index contributed by atoms with van der Waals surface area (Å²) < 4.78 is 61.4. The quantitative estimate of drug-likeness (QED) is 0.713. The van der Waals surface area contributed by atoms with Crippen molar-refractivity contribution in [2.75, 3.05) is 40.6 Å². The van der Waals surface area contributed by atoms with Crippen LogP contribution in [0.2, 0.25) is 0 Å². The number of carbonyl (C=O) groups is 1. The third kappa shape index (κ3) is 6.14. The van der Waals surface area contributed by atoms with Crippen molar-refractivity contribution in [3.05, 3.63) is 54.1 Å². The predicted octanol–water partition coefficient (Wildman–Crippen LogP) is 3.67. The Hall–Kier alpha value is -2.20. The predicted molar refractivity (Wildman–Crippen MR) is 108 cm³/mol. The molecule has 156 valence electrons. The number of rotatable bonds is 5. The Kier molecular flexibility index (Phi) is 6.42. The topological polar surface area (TPSA) is 66.5 Å². The molecular formula is C19H19F3N2O3S2. The first kappa shape index (κ1) is 21.5. The van der Waals surface area contributed by atoms with Crippen molar-refractivity contribution < 1.29 is 26.4 Å². The van der Waals surface area contributed by atoms with Crippen LogP contribution in [-0.2, 0) is 20.8 Å². The number of anilines is 2. The second kappa shape index (κ2) is 8.66. The summed E-state index contributed by atoms with van der Waals surface area (Å²) in [5, 5.41) is 2.73. The average Bonchev–Trinajstić information content (AvgIpc) is 2.66. The molecule has 2 aromatic carbocycles. The Morgan fingerprint density at radius 2 is 1.76 bits per heavy atom. The second-order valence-corrected chi connectivity index (χ2v) is 9.90. The summed E-state index contributed by atoms with van der Waals surface area (Å²) in [6.45, 7) is 0.788. The van der Waals surface area contributed by atoms with Gasteiger partial charge in [-0.1, -0.05) is 12.1 Å². The molecule has 1 aliphatic rings. The van der Waals surface area contributed by atoms with Crippen LogP contribution in [0.3, 0.4) is 0 Å². The van der Waals surface area contributed by atoms with Crippen molar-refractivity contribution >= 4 is 38.9 Å². The highest BCUT2D eigenvalue weighted by atomic mass is 32.2. The number of nitrogens with zero attached hydrogens (tertiary/aromatic N) is 1. The van der Waals surface area contributed by atoms with Crippen LogP contribution in [0.1, 0.15) is 5.56 Å². The first-order valence-corrected chi connectivity index (χ1v) is 11.6. The van der Waals surface area contributed by atoms with Crippen LogP contribution < -0.4 is 10.2 Å². The van der Waals surface area contributed by atoms with Gasteiger partial charge in [0.25, 0.3) is 0 Å². The third-order valence-corrected chi connectivity index (χ3v) is 6.97. The van der Waals surface area contributed by atoms with E-state index in [2.05, 4.69) is 5.32 Å². The maximum Gasteiger partial charge on any atom is 0.416 e. The molecule has 1 heterocycles. The van der Waals surface area contributed by atoms with Gasteiger partial charge in [-0.3, -0.25) is 4.79 Å². The molecule has 1 amide bonds. The van der Waals surface area contributed by atoms with E-state index in [9.17, 15) is 26.4 Å². The van der Waals surface area contributed by atoms with E-state index in [1.807, 2.05) is 11.0 Å². The SMILES string of the molecule is O=C(CSc1cccc(C(F)(F)F)c1)Nc1cccc(N2CCS(=O)(=O)CC2)c1. The number of sulfone groups is 1. The minimum Gasteiger partial charge on any atom is -0.369 e. The highest BCUT2D eigenvalue weighted by Crippen LogP contribution is 2.32. The monoisotopic (exact) mass is 444 g/mol. The molecular weight excluding hydrogens is 425 g/mol. The summed E-state index contributed by atoms with van der Waals surface area (Å²) in [6.07, 6.45) is -4.42. The van der Waals surface area contributed by atoms with Gasteiger partial charge in [0.15, 0.2) is 9.84 Å². The smallest absolute Gasteiger partial charge is 0.369 e. The van der Waals surface area contributed by atoms with Gasteiger partial charge in [0.05, 0.1) is 22.8 Å². The molecule has 10 heteroatoms. The number of nitrogens with one attached hydrogen (secondary N) is 1. The van der Waals surface area contributed by atoms with Crippen LogP contribution >= 0.6 is 11.8 Å². The Bertz CT molecular complexity index is 980. The van der Waals surface area contributed by atoms with E-state index in [0.717, 1.165) is 29.6 Å². The van der Waals surface area contributed by atoms with Gasteiger partial charge in [-0.2, -0.15) is 13.2 Å². The van der Waals surface area contributed by atoms with Gasteiger partial charge in [0, 0.05) is 29.4 Å². The van der Waals surface area contributed by atoms with Crippen LogP contribution in [-0.4, -0.2) is 44.7 Å². The zero-order valence-corrected chi connectivity index (χ0v) is 16.9. The summed E-state index contributed by atoms with van der Waals surface area (Å²) in [4.78, 5) is 14.5. The molecule has 0 saturated carbocycles. The van der Waals surface area contributed by atoms with E-state index >= 15 is 0 Å². The van der Waals surface area contributed by atoms with Crippen LogP contribution in [0.4, 0.5) is 24.5 Å². The zero-order valence-electron chi connectivity index (χ0n) is 15.3. The number of halogens is 3. The molecule has 1 N–H and O–H groups in total. The molecule has 0 unspecified atom stereocenters. The van der Waals surface area contributed by atoms with Crippen molar-refractivity contribution in [1.29, 1.82) is 0 Å². The highest BCUT2D eigenvalue weighted by molar-refractivity contribution is 8.00. The van der Waals surface area contributed by atoms with E-state index in [4.69, 9.17) is 0 Å². The fraction of sp³-hybridized carbons (Fsp3) is 0.316. The normalized spacial score (nSPS) is 16.4. The molecule has 1 fully saturated rings. The molecule has 0 aromatic heterocycles. The van der Waals surface area contributed by atoms with Gasteiger partial charge in [-0.25, -0.2) is 8.42 Å². The second-order valence-electron chi connectivity index (χ2n) is 6.55. The van der Waals surface area contributed by atoms with Crippen LogP contribution in [0.5, 0.6) is 0 Å². The number of benzene rings is 2. The molecule has 0 atom stereocenters. The van der Waals surface area contributed by atoms with Gasteiger partial charge in [0.2, 0.25) is 5.91 Å². The van der Waals surface area contributed by atoms with E-state index < -0.39 is 21.6 Å². The molecule has 0 aliphatic carbocycles. The summed E-state index contributed by atoms with van der Waals surface area (Å²) in [6, 6.07) is 11.9. The maximum absolute atomic E-state index is 12.8. The zero-order chi connectivity index (χ0) is 21.1. The Morgan fingerprint density at radius 1 is 1.07 bits per heavy atom. The van der Waals surface area contributed by atoms with Gasteiger partial charge in [-0.05, 0) is 36.4 Å². The molecule has 29 heavy (non-hydrogen) atoms. The van der Waals surface area contributed by atoms with Crippen molar-refractivity contribution in [2.45, 2.75) is 11.1 Å². The van der Waals surface area contributed by atoms with Crippen LogP contribution in [0.25, 0.3) is 0 Å². The van der Waals surface area contributed by atoms with Crippen molar-refractivity contribution in [3.63, 3.8) is 0 Å². The molecule has 1 saturated heterocycles. The molecule has 1 aliphatic heterocycles. The largest absolute Gasteiger partial charge is 0.416 e. The Morgan fingerprint density at radius 3 is 2.45 bits per heavy atom. The summed E-state index contributed by atoms with van der Waals surface area (Å²) in [5.41, 5.74) is 0.605. The molecule has 0 spiro atoms. The molecule has 0 bridgehead atoms. The lowest BCUT2D eigenvalue weighted by Crippen LogP contribution is -2.40. The van der Waals surface area contributed by atoms with Crippen molar-refractivity contribution in [3.8, 4) is 0 Å². The lowest BCUT2D eigenvalue weighted by Gasteiger charge is -2.29. The molecule has 5 nitrogen and oxygen atoms in total. The van der Waals surface area contributed by atoms with Gasteiger partial charge in [0.1, 0.15) is 0 Å². The Labute approximate surface area is 171 Å². The van der Waals surface area contributed by atoms with E-state index in [0.29, 0.717) is 23.7 Å². The lowest BCUT2D eigenvalue weighted by molar-refractivity contribution is -0.137. The first-order valence-electron chi connectivity index (χ1n) is 8.78. The number of carbonyl (C=O) groups excluding carboxylic acids is 1. The molecule has 2 aromatic rings. The molecule has 3 rings (SSSR count). The number of alkyl halides is 3. The molecule has 0 radical (unpaired) electrons. The van der Waals surface area contributed by atoms with Crippen molar-refractivity contribution in [1.82, 2.24) is 0 Å². The highest BCUT2D eigenvalue weighted by Gasteiger charge is 2.30. The van der Waals surface area contributed by atoms with Gasteiger partial charge >= 0.3 is 6.18 Å². The van der Waals surface area contributed by atoms with Crippen LogP contribution in [0.15, 0.2) is 53.4 Å². The maximum atomic E-state index is 12.8.